The van der Waals surface area contributed by atoms with E-state index in [0.717, 1.165) is 0 Å². The maximum absolute atomic E-state index is 10.3. The van der Waals surface area contributed by atoms with Crippen molar-refractivity contribution in [1.82, 2.24) is 4.72 Å². The predicted octanol–water partition coefficient (Wildman–Crippen LogP) is 0.862. The molecule has 0 heterocycles. The van der Waals surface area contributed by atoms with Crippen LogP contribution in [0.25, 0.3) is 0 Å². The van der Waals surface area contributed by atoms with E-state index in [0.29, 0.717) is 18.6 Å². The van der Waals surface area contributed by atoms with Crippen LogP contribution in [0.15, 0.2) is 0 Å². The van der Waals surface area contributed by atoms with E-state index in [1.807, 2.05) is 0 Å². The van der Waals surface area contributed by atoms with E-state index in [9.17, 15) is 4.79 Å². The monoisotopic (exact) mass is 146 g/mol. The number of nitrogens with zero attached hydrogens (tertiary/aromatic N) is 1. The molecule has 0 atom stereocenters. The van der Waals surface area contributed by atoms with Crippen LogP contribution in [0.5, 0.6) is 0 Å². The minimum absolute atomic E-state index is 0.317. The number of carbonyl (C=O) groups is 1. The first-order valence-electron chi connectivity index (χ1n) is 2.29. The summed E-state index contributed by atoms with van der Waals surface area (Å²) >= 11 is 0.637. The summed E-state index contributed by atoms with van der Waals surface area (Å²) in [7, 11) is 0. The van der Waals surface area contributed by atoms with Crippen molar-refractivity contribution in [3.8, 4) is 5.40 Å². The van der Waals surface area contributed by atoms with E-state index < -0.39 is 6.09 Å². The summed E-state index contributed by atoms with van der Waals surface area (Å²) in [6.07, 6.45) is -0.580. The van der Waals surface area contributed by atoms with E-state index in [1.165, 1.54) is 0 Å². The number of thiocyanates is 1. The molecule has 0 rings (SSSR count). The van der Waals surface area contributed by atoms with Crippen molar-refractivity contribution in [3.63, 3.8) is 0 Å². The van der Waals surface area contributed by atoms with Gasteiger partial charge in [0.05, 0.1) is 18.6 Å². The molecule has 0 aromatic rings. The van der Waals surface area contributed by atoms with E-state index in [4.69, 9.17) is 5.26 Å². The Morgan fingerprint density at radius 1 is 2.00 bits per heavy atom. The molecule has 0 aliphatic rings. The normalized spacial score (nSPS) is 7.56. The Kier molecular flexibility index (Phi) is 4.73. The molecule has 0 bridgehead atoms. The molecule has 0 fully saturated rings. The van der Waals surface area contributed by atoms with Crippen molar-refractivity contribution in [2.75, 3.05) is 6.61 Å². The fourth-order valence-electron chi connectivity index (χ4n) is 0.225. The Labute approximate surface area is 57.3 Å². The molecule has 0 unspecified atom stereocenters. The molecule has 0 aromatic carbocycles. The second-order valence-electron chi connectivity index (χ2n) is 1.02. The van der Waals surface area contributed by atoms with Crippen molar-refractivity contribution >= 4 is 18.0 Å². The zero-order valence-corrected chi connectivity index (χ0v) is 5.70. The zero-order chi connectivity index (χ0) is 7.11. The number of amides is 1. The summed E-state index contributed by atoms with van der Waals surface area (Å²) in [5, 5.41) is 9.59. The Morgan fingerprint density at radius 2 is 2.67 bits per heavy atom. The van der Waals surface area contributed by atoms with Crippen molar-refractivity contribution in [2.24, 2.45) is 0 Å². The SMILES string of the molecule is CCOC(=O)NSC#N. The van der Waals surface area contributed by atoms with Gasteiger partial charge in [0.2, 0.25) is 0 Å². The molecule has 50 valence electrons. The van der Waals surface area contributed by atoms with Crippen LogP contribution in [0.3, 0.4) is 0 Å². The van der Waals surface area contributed by atoms with E-state index >= 15 is 0 Å². The first-order chi connectivity index (χ1) is 4.31. The third kappa shape index (κ3) is 4.97. The van der Waals surface area contributed by atoms with Crippen molar-refractivity contribution < 1.29 is 9.53 Å². The first kappa shape index (κ1) is 8.11. The van der Waals surface area contributed by atoms with Gasteiger partial charge in [-0.05, 0) is 6.92 Å². The highest BCUT2D eigenvalue weighted by molar-refractivity contribution is 8.02. The average Bonchev–Trinajstić information content (AvgIpc) is 1.85. The standard InChI is InChI=1S/C4H6N2O2S/c1-2-8-4(7)6-9-3-5/h2H2,1H3,(H,6,7). The fraction of sp³-hybridized carbons (Fsp3) is 0.500. The van der Waals surface area contributed by atoms with Gasteiger partial charge in [0.25, 0.3) is 0 Å². The molecule has 0 aliphatic heterocycles. The van der Waals surface area contributed by atoms with E-state index in [-0.39, 0.29) is 0 Å². The van der Waals surface area contributed by atoms with Crippen molar-refractivity contribution in [2.45, 2.75) is 6.92 Å². The Bertz CT molecular complexity index is 131. The van der Waals surface area contributed by atoms with Gasteiger partial charge in [0, 0.05) is 0 Å². The van der Waals surface area contributed by atoms with Crippen LogP contribution in [-0.4, -0.2) is 12.7 Å². The highest BCUT2D eigenvalue weighted by Gasteiger charge is 1.96. The lowest BCUT2D eigenvalue weighted by molar-refractivity contribution is 0.159. The van der Waals surface area contributed by atoms with Crippen LogP contribution in [0.1, 0.15) is 6.92 Å². The quantitative estimate of drug-likeness (QED) is 0.463. The van der Waals surface area contributed by atoms with Crippen LogP contribution in [0.4, 0.5) is 4.79 Å². The molecule has 9 heavy (non-hydrogen) atoms. The summed E-state index contributed by atoms with van der Waals surface area (Å²) < 4.78 is 6.55. The second kappa shape index (κ2) is 5.25. The van der Waals surface area contributed by atoms with Gasteiger partial charge >= 0.3 is 6.09 Å². The molecule has 5 heteroatoms. The number of ether oxygens (including phenoxy) is 1. The van der Waals surface area contributed by atoms with E-state index in [2.05, 4.69) is 9.46 Å². The summed E-state index contributed by atoms with van der Waals surface area (Å²) in [5.41, 5.74) is 0. The first-order valence-corrected chi connectivity index (χ1v) is 3.10. The van der Waals surface area contributed by atoms with Crippen LogP contribution in [0, 0.1) is 10.7 Å². The molecular formula is C4H6N2O2S. The molecule has 0 radical (unpaired) electrons. The largest absolute Gasteiger partial charge is 0.449 e. The third-order valence-corrected chi connectivity index (χ3v) is 0.815. The van der Waals surface area contributed by atoms with Gasteiger partial charge in [0.15, 0.2) is 5.40 Å². The van der Waals surface area contributed by atoms with E-state index in [1.54, 1.807) is 12.3 Å². The molecular weight excluding hydrogens is 140 g/mol. The predicted molar refractivity (Wildman–Crippen MR) is 33.4 cm³/mol. The summed E-state index contributed by atoms with van der Waals surface area (Å²) in [4.78, 5) is 10.3. The minimum Gasteiger partial charge on any atom is -0.449 e. The molecule has 0 aliphatic carbocycles. The van der Waals surface area contributed by atoms with Gasteiger partial charge in [-0.15, -0.1) is 0 Å². The number of carbonyl (C=O) groups excluding carboxylic acids is 1. The highest BCUT2D eigenvalue weighted by atomic mass is 32.2. The van der Waals surface area contributed by atoms with Gasteiger partial charge in [0.1, 0.15) is 0 Å². The van der Waals surface area contributed by atoms with Crippen LogP contribution in [0.2, 0.25) is 0 Å². The van der Waals surface area contributed by atoms with Gasteiger partial charge in [-0.1, -0.05) is 0 Å². The maximum Gasteiger partial charge on any atom is 0.417 e. The summed E-state index contributed by atoms with van der Waals surface area (Å²) in [6, 6.07) is 0. The van der Waals surface area contributed by atoms with Crippen LogP contribution >= 0.6 is 11.9 Å². The number of nitriles is 1. The average molecular weight is 146 g/mol. The lowest BCUT2D eigenvalue weighted by Gasteiger charge is -1.97. The Morgan fingerprint density at radius 3 is 3.11 bits per heavy atom. The van der Waals surface area contributed by atoms with Gasteiger partial charge in [-0.25, -0.2) is 4.79 Å². The smallest absolute Gasteiger partial charge is 0.417 e. The van der Waals surface area contributed by atoms with Crippen LogP contribution < -0.4 is 4.72 Å². The second-order valence-corrected chi connectivity index (χ2v) is 1.61. The molecule has 0 aromatic heterocycles. The highest BCUT2D eigenvalue weighted by Crippen LogP contribution is 1.88. The molecule has 1 amide bonds. The molecule has 4 nitrogen and oxygen atoms in total. The van der Waals surface area contributed by atoms with Gasteiger partial charge in [-0.3, -0.25) is 4.72 Å². The van der Waals surface area contributed by atoms with Gasteiger partial charge < -0.3 is 4.74 Å². The molecule has 0 saturated heterocycles. The molecule has 1 N–H and O–H groups in total. The summed E-state index contributed by atoms with van der Waals surface area (Å²) in [5.74, 6) is 0. The topological polar surface area (TPSA) is 62.1 Å². The molecule has 0 spiro atoms. The Hall–Kier alpha value is -0.890. The number of nitrogens with one attached hydrogen (secondary N) is 1. The van der Waals surface area contributed by atoms with Crippen LogP contribution in [-0.2, 0) is 4.74 Å². The maximum atomic E-state index is 10.3. The Balaban J connectivity index is 3.19. The fourth-order valence-corrected chi connectivity index (χ4v) is 0.413. The number of hydrogen-bond donors (Lipinski definition) is 1. The molecule has 0 saturated carbocycles. The lowest BCUT2D eigenvalue weighted by atomic mass is 10.9. The number of hydrogen-bond acceptors (Lipinski definition) is 4. The van der Waals surface area contributed by atoms with Crippen molar-refractivity contribution in [1.29, 1.82) is 5.26 Å². The lowest BCUT2D eigenvalue weighted by Crippen LogP contribution is -2.15. The van der Waals surface area contributed by atoms with Crippen molar-refractivity contribution in [3.05, 3.63) is 0 Å². The number of rotatable bonds is 2. The summed E-state index contributed by atoms with van der Waals surface area (Å²) in [6.45, 7) is 2.01. The third-order valence-electron chi connectivity index (χ3n) is 0.455. The van der Waals surface area contributed by atoms with Gasteiger partial charge in [-0.2, -0.15) is 5.26 Å². The minimum atomic E-state index is -0.580. The zero-order valence-electron chi connectivity index (χ0n) is 4.88.